The highest BCUT2D eigenvalue weighted by molar-refractivity contribution is 6.07. The van der Waals surface area contributed by atoms with Crippen molar-refractivity contribution < 1.29 is 9.21 Å². The number of hydrogen-bond donors (Lipinski definition) is 1. The number of nitrogens with one attached hydrogen (secondary N) is 1. The van der Waals surface area contributed by atoms with Crippen LogP contribution in [-0.2, 0) is 16.6 Å². The molecule has 0 radical (unpaired) electrons. The monoisotopic (exact) mass is 163 g/mol. The number of fused-ring (bicyclic) bond motifs is 1. The van der Waals surface area contributed by atoms with Gasteiger partial charge in [-0.2, -0.15) is 0 Å². The quantitative estimate of drug-likeness (QED) is 0.627. The van der Waals surface area contributed by atoms with E-state index in [2.05, 4.69) is 5.32 Å². The van der Waals surface area contributed by atoms with Gasteiger partial charge in [0.05, 0.1) is 5.69 Å². The van der Waals surface area contributed by atoms with E-state index in [1.165, 1.54) is 0 Å². The maximum Gasteiger partial charge on any atom is 0.238 e. The van der Waals surface area contributed by atoms with Gasteiger partial charge in [0.25, 0.3) is 0 Å². The second-order valence-electron chi connectivity index (χ2n) is 3.82. The molecule has 0 aliphatic carbocycles. The zero-order chi connectivity index (χ0) is 8.51. The summed E-state index contributed by atoms with van der Waals surface area (Å²) in [6.45, 7) is 3.92. The predicted molar refractivity (Wildman–Crippen MR) is 43.1 cm³/mol. The van der Waals surface area contributed by atoms with E-state index in [9.17, 15) is 4.79 Å². The minimum Gasteiger partial charge on any atom is -0.462 e. The van der Waals surface area contributed by atoms with Crippen molar-refractivity contribution in [3.8, 4) is 0 Å². The first-order valence-corrected chi connectivity index (χ1v) is 4.07. The summed E-state index contributed by atoms with van der Waals surface area (Å²) in [4.78, 5) is 11.5. The number of carbonyl (C=O) groups is 1. The molecular weight excluding hydrogens is 154 g/mol. The van der Waals surface area contributed by atoms with Crippen LogP contribution in [0.2, 0.25) is 0 Å². The molecule has 0 aromatic carbocycles. The standard InChI is InChI=1S/C9H9NO2/c1-4-5-3-9(2)7(12-5)6(4)10-8(9)11/h3H2,1-2H3,(H,10,11). The fraction of sp³-hybridized carbons (Fsp3) is 0.444. The van der Waals surface area contributed by atoms with Crippen LogP contribution in [0, 0.1) is 6.92 Å². The number of carbonyl (C=O) groups excluding carboxylic acids is 1. The second kappa shape index (κ2) is 1.44. The summed E-state index contributed by atoms with van der Waals surface area (Å²) in [5.74, 6) is 1.90. The topological polar surface area (TPSA) is 42.2 Å². The zero-order valence-corrected chi connectivity index (χ0v) is 7.02. The van der Waals surface area contributed by atoms with E-state index in [1.54, 1.807) is 0 Å². The fourth-order valence-electron chi connectivity index (χ4n) is 2.10. The lowest BCUT2D eigenvalue weighted by Gasteiger charge is -2.12. The summed E-state index contributed by atoms with van der Waals surface area (Å²) in [6, 6.07) is 0. The Balaban J connectivity index is 2.39. The minimum absolute atomic E-state index is 0.0827. The Kier molecular flexibility index (Phi) is 0.756. The molecule has 0 spiro atoms. The molecule has 2 aliphatic rings. The minimum atomic E-state index is -0.385. The third-order valence-corrected chi connectivity index (χ3v) is 3.00. The van der Waals surface area contributed by atoms with Gasteiger partial charge < -0.3 is 9.73 Å². The molecule has 1 atom stereocenters. The lowest BCUT2D eigenvalue weighted by Crippen LogP contribution is -2.30. The van der Waals surface area contributed by atoms with Crippen molar-refractivity contribution in [1.29, 1.82) is 0 Å². The first-order valence-electron chi connectivity index (χ1n) is 4.07. The molecule has 3 rings (SSSR count). The van der Waals surface area contributed by atoms with Gasteiger partial charge in [0.15, 0.2) is 0 Å². The van der Waals surface area contributed by atoms with Crippen LogP contribution in [-0.4, -0.2) is 5.91 Å². The van der Waals surface area contributed by atoms with Gasteiger partial charge in [0.1, 0.15) is 16.9 Å². The molecule has 12 heavy (non-hydrogen) atoms. The molecule has 3 heterocycles. The highest BCUT2D eigenvalue weighted by Gasteiger charge is 2.53. The first kappa shape index (κ1) is 6.29. The highest BCUT2D eigenvalue weighted by Crippen LogP contribution is 2.50. The maximum absolute atomic E-state index is 11.5. The van der Waals surface area contributed by atoms with Crippen LogP contribution in [0.3, 0.4) is 0 Å². The van der Waals surface area contributed by atoms with E-state index < -0.39 is 0 Å². The molecule has 1 N–H and O–H groups in total. The molecule has 2 aliphatic heterocycles. The van der Waals surface area contributed by atoms with Crippen LogP contribution in [0.4, 0.5) is 5.69 Å². The lowest BCUT2D eigenvalue weighted by molar-refractivity contribution is -0.120. The van der Waals surface area contributed by atoms with Gasteiger partial charge in [-0.25, -0.2) is 0 Å². The van der Waals surface area contributed by atoms with Gasteiger partial charge in [0, 0.05) is 12.0 Å². The summed E-state index contributed by atoms with van der Waals surface area (Å²) in [7, 11) is 0. The smallest absolute Gasteiger partial charge is 0.238 e. The van der Waals surface area contributed by atoms with E-state index in [0.29, 0.717) is 0 Å². The Morgan fingerprint density at radius 2 is 2.33 bits per heavy atom. The summed E-state index contributed by atoms with van der Waals surface area (Å²) < 4.78 is 5.52. The van der Waals surface area contributed by atoms with Crippen molar-refractivity contribution in [2.75, 3.05) is 5.32 Å². The Morgan fingerprint density at radius 3 is 2.92 bits per heavy atom. The van der Waals surface area contributed by atoms with Crippen LogP contribution >= 0.6 is 0 Å². The van der Waals surface area contributed by atoms with E-state index in [-0.39, 0.29) is 11.3 Å². The first-order chi connectivity index (χ1) is 5.63. The molecule has 0 saturated carbocycles. The number of hydrogen-bond acceptors (Lipinski definition) is 2. The molecule has 3 nitrogen and oxygen atoms in total. The van der Waals surface area contributed by atoms with Gasteiger partial charge in [-0.15, -0.1) is 0 Å². The molecule has 1 amide bonds. The van der Waals surface area contributed by atoms with E-state index in [0.717, 1.165) is 29.2 Å². The average Bonchev–Trinajstić information content (AvgIpc) is 2.53. The molecule has 2 bridgehead atoms. The molecule has 62 valence electrons. The van der Waals surface area contributed by atoms with Gasteiger partial charge in [0.2, 0.25) is 5.91 Å². The maximum atomic E-state index is 11.5. The van der Waals surface area contributed by atoms with Crippen LogP contribution in [0.5, 0.6) is 0 Å². The van der Waals surface area contributed by atoms with Crippen LogP contribution in [0.1, 0.15) is 24.0 Å². The summed E-state index contributed by atoms with van der Waals surface area (Å²) >= 11 is 0. The van der Waals surface area contributed by atoms with Crippen LogP contribution in [0.15, 0.2) is 4.42 Å². The number of rotatable bonds is 0. The Bertz CT molecular complexity index is 405. The normalized spacial score (nSPS) is 29.7. The number of amides is 1. The molecule has 1 aromatic heterocycles. The van der Waals surface area contributed by atoms with Crippen molar-refractivity contribution >= 4 is 11.6 Å². The Labute approximate surface area is 69.8 Å². The fourth-order valence-corrected chi connectivity index (χ4v) is 2.10. The predicted octanol–water partition coefficient (Wildman–Crippen LogP) is 1.35. The Hall–Kier alpha value is -1.25. The third-order valence-electron chi connectivity index (χ3n) is 3.00. The molecule has 1 unspecified atom stereocenters. The van der Waals surface area contributed by atoms with E-state index in [4.69, 9.17) is 4.42 Å². The zero-order valence-electron chi connectivity index (χ0n) is 7.02. The molecule has 0 fully saturated rings. The van der Waals surface area contributed by atoms with Crippen molar-refractivity contribution in [3.63, 3.8) is 0 Å². The molecule has 1 aromatic rings. The number of furan rings is 1. The van der Waals surface area contributed by atoms with Crippen molar-refractivity contribution in [2.24, 2.45) is 0 Å². The molecule has 0 saturated heterocycles. The Morgan fingerprint density at radius 1 is 1.58 bits per heavy atom. The summed E-state index contributed by atoms with van der Waals surface area (Å²) in [5, 5.41) is 2.86. The van der Waals surface area contributed by atoms with Crippen molar-refractivity contribution in [2.45, 2.75) is 25.7 Å². The van der Waals surface area contributed by atoms with Crippen LogP contribution in [0.25, 0.3) is 0 Å². The largest absolute Gasteiger partial charge is 0.462 e. The van der Waals surface area contributed by atoms with Gasteiger partial charge in [-0.1, -0.05) is 0 Å². The van der Waals surface area contributed by atoms with Gasteiger partial charge >= 0.3 is 0 Å². The van der Waals surface area contributed by atoms with Gasteiger partial charge in [-0.05, 0) is 13.8 Å². The second-order valence-corrected chi connectivity index (χ2v) is 3.82. The van der Waals surface area contributed by atoms with Crippen molar-refractivity contribution in [1.82, 2.24) is 0 Å². The number of anilines is 1. The SMILES string of the molecule is Cc1c2oc3c1NC(=O)C3(C)C2. The summed E-state index contributed by atoms with van der Waals surface area (Å²) in [6.07, 6.45) is 0.740. The third kappa shape index (κ3) is 0.411. The molecular formula is C9H9NO2. The van der Waals surface area contributed by atoms with E-state index in [1.807, 2.05) is 13.8 Å². The van der Waals surface area contributed by atoms with Crippen molar-refractivity contribution in [3.05, 3.63) is 17.1 Å². The van der Waals surface area contributed by atoms with Crippen LogP contribution < -0.4 is 5.32 Å². The average molecular weight is 163 g/mol. The van der Waals surface area contributed by atoms with Gasteiger partial charge in [-0.3, -0.25) is 4.79 Å². The lowest BCUT2D eigenvalue weighted by atomic mass is 9.82. The highest BCUT2D eigenvalue weighted by atomic mass is 16.4. The van der Waals surface area contributed by atoms with E-state index >= 15 is 0 Å². The molecule has 3 heteroatoms. The summed E-state index contributed by atoms with van der Waals surface area (Å²) in [5.41, 5.74) is 1.64.